The van der Waals surface area contributed by atoms with Gasteiger partial charge < -0.3 is 0 Å². The summed E-state index contributed by atoms with van der Waals surface area (Å²) in [4.78, 5) is 2.60. The molecule has 0 amide bonds. The molecule has 0 N–H and O–H groups in total. The molecule has 0 spiro atoms. The Bertz CT molecular complexity index is 1400. The number of benzene rings is 5. The molecule has 0 saturated carbocycles. The van der Waals surface area contributed by atoms with Crippen LogP contribution in [0, 0.1) is 0 Å². The zero-order valence-electron chi connectivity index (χ0n) is 19.9. The van der Waals surface area contributed by atoms with Gasteiger partial charge in [-0.05, 0) is 68.8 Å². The molecule has 0 fully saturated rings. The summed E-state index contributed by atoms with van der Waals surface area (Å²) in [7, 11) is 0. The normalized spacial score (nSPS) is 12.6. The van der Waals surface area contributed by atoms with Crippen LogP contribution < -0.4 is 0 Å². The molecule has 2 heteroatoms. The van der Waals surface area contributed by atoms with Gasteiger partial charge in [-0.15, -0.1) is 23.5 Å². The van der Waals surface area contributed by atoms with E-state index < -0.39 is 0 Å². The molecule has 0 bridgehead atoms. The molecule has 0 unspecified atom stereocenters. The standard InChI is InChI=1S/C34H26S2/c1-3-13-29(14-4-1)35-23-27-21-22-28(24-36-30-15-5-2-6-16-30)34-32-18-10-8-12-26(32)20-19-25-11-7-9-17-31(25)33(27)34/h1-22H,23-24H2/b20-19-,25-19?,26-20?,33-31?,34-32?. The quantitative estimate of drug-likeness (QED) is 0.210. The molecular weight excluding hydrogens is 473 g/mol. The summed E-state index contributed by atoms with van der Waals surface area (Å²) < 4.78 is 0. The lowest BCUT2D eigenvalue weighted by atomic mass is 9.82. The predicted molar refractivity (Wildman–Crippen MR) is 158 cm³/mol. The van der Waals surface area contributed by atoms with Crippen LogP contribution >= 0.6 is 23.5 Å². The van der Waals surface area contributed by atoms with Gasteiger partial charge in [-0.2, -0.15) is 0 Å². The van der Waals surface area contributed by atoms with Crippen LogP contribution in [0.4, 0.5) is 0 Å². The van der Waals surface area contributed by atoms with Crippen molar-refractivity contribution >= 4 is 35.7 Å². The van der Waals surface area contributed by atoms with Gasteiger partial charge in [0.15, 0.2) is 0 Å². The summed E-state index contributed by atoms with van der Waals surface area (Å²) >= 11 is 3.81. The predicted octanol–water partition coefficient (Wildman–Crippen LogP) is 10.1. The molecule has 0 radical (unpaired) electrons. The third-order valence-electron chi connectivity index (χ3n) is 6.56. The van der Waals surface area contributed by atoms with Crippen molar-refractivity contribution < 1.29 is 0 Å². The largest absolute Gasteiger partial charge is 0.121 e. The highest BCUT2D eigenvalue weighted by Crippen LogP contribution is 2.45. The van der Waals surface area contributed by atoms with Gasteiger partial charge in [0.1, 0.15) is 0 Å². The van der Waals surface area contributed by atoms with Gasteiger partial charge in [0, 0.05) is 21.3 Å². The highest BCUT2D eigenvalue weighted by molar-refractivity contribution is 7.98. The highest BCUT2D eigenvalue weighted by atomic mass is 32.2. The number of hydrogen-bond acceptors (Lipinski definition) is 2. The molecule has 36 heavy (non-hydrogen) atoms. The maximum Gasteiger partial charge on any atom is 0.0238 e. The first-order valence-corrected chi connectivity index (χ1v) is 14.2. The van der Waals surface area contributed by atoms with E-state index in [4.69, 9.17) is 0 Å². The van der Waals surface area contributed by atoms with Crippen LogP contribution in [0.25, 0.3) is 34.4 Å². The molecule has 1 aliphatic rings. The SMILES string of the molecule is C1=C\c2ccccc2-c2c(CSc3ccccc3)ccc(CSc3ccccc3)c2-c2ccccc2/1. The Kier molecular flexibility index (Phi) is 6.80. The lowest BCUT2D eigenvalue weighted by Crippen LogP contribution is -2.01. The third kappa shape index (κ3) is 4.80. The molecule has 6 rings (SSSR count). The molecule has 0 aromatic heterocycles. The molecule has 1 aliphatic carbocycles. The van der Waals surface area contributed by atoms with Crippen LogP contribution in [0.3, 0.4) is 0 Å². The summed E-state index contributed by atoms with van der Waals surface area (Å²) in [5, 5.41) is 0. The van der Waals surface area contributed by atoms with E-state index in [1.807, 2.05) is 23.5 Å². The molecule has 5 aromatic carbocycles. The zero-order chi connectivity index (χ0) is 24.2. The Hall–Kier alpha value is -3.46. The van der Waals surface area contributed by atoms with Crippen LogP contribution in [-0.4, -0.2) is 0 Å². The average Bonchev–Trinajstić information content (AvgIpc) is 2.94. The van der Waals surface area contributed by atoms with E-state index in [-0.39, 0.29) is 0 Å². The topological polar surface area (TPSA) is 0 Å². The fraction of sp³-hybridized carbons (Fsp3) is 0.0588. The minimum atomic E-state index is 0.929. The molecule has 0 aliphatic heterocycles. The summed E-state index contributed by atoms with van der Waals surface area (Å²) in [5.74, 6) is 1.86. The number of rotatable bonds is 6. The number of hydrogen-bond donors (Lipinski definition) is 0. The van der Waals surface area contributed by atoms with E-state index in [9.17, 15) is 0 Å². The molecule has 0 atom stereocenters. The van der Waals surface area contributed by atoms with Crippen molar-refractivity contribution in [3.05, 3.63) is 144 Å². The lowest BCUT2D eigenvalue weighted by Gasteiger charge is -2.24. The molecule has 0 saturated heterocycles. The van der Waals surface area contributed by atoms with Crippen molar-refractivity contribution in [2.45, 2.75) is 21.3 Å². The Morgan fingerprint density at radius 3 is 1.22 bits per heavy atom. The van der Waals surface area contributed by atoms with Crippen molar-refractivity contribution in [2.75, 3.05) is 0 Å². The van der Waals surface area contributed by atoms with Crippen molar-refractivity contribution in [1.82, 2.24) is 0 Å². The van der Waals surface area contributed by atoms with E-state index in [0.717, 1.165) is 11.5 Å². The molecular formula is C34H26S2. The van der Waals surface area contributed by atoms with E-state index in [1.54, 1.807) is 0 Å². The molecule has 174 valence electrons. The third-order valence-corrected chi connectivity index (χ3v) is 8.68. The summed E-state index contributed by atoms with van der Waals surface area (Å²) in [6.07, 6.45) is 4.55. The molecule has 0 heterocycles. The first kappa shape index (κ1) is 23.0. The van der Waals surface area contributed by atoms with Gasteiger partial charge in [0.25, 0.3) is 0 Å². The van der Waals surface area contributed by atoms with Crippen molar-refractivity contribution in [2.24, 2.45) is 0 Å². The summed E-state index contributed by atoms with van der Waals surface area (Å²) in [6, 6.07) is 43.8. The van der Waals surface area contributed by atoms with Gasteiger partial charge in [-0.25, -0.2) is 0 Å². The Balaban J connectivity index is 1.53. The van der Waals surface area contributed by atoms with Gasteiger partial charge in [-0.1, -0.05) is 109 Å². The van der Waals surface area contributed by atoms with Crippen LogP contribution in [0.1, 0.15) is 22.3 Å². The Morgan fingerprint density at radius 1 is 0.389 bits per heavy atom. The minimum absolute atomic E-state index is 0.929. The first-order chi connectivity index (χ1) is 17.9. The fourth-order valence-electron chi connectivity index (χ4n) is 4.82. The summed E-state index contributed by atoms with van der Waals surface area (Å²) in [6.45, 7) is 0. The smallest absolute Gasteiger partial charge is 0.0238 e. The van der Waals surface area contributed by atoms with Crippen LogP contribution in [-0.2, 0) is 11.5 Å². The molecule has 0 nitrogen and oxygen atoms in total. The second-order valence-corrected chi connectivity index (χ2v) is 10.9. The summed E-state index contributed by atoms with van der Waals surface area (Å²) in [5.41, 5.74) is 10.7. The lowest BCUT2D eigenvalue weighted by molar-refractivity contribution is 1.32. The van der Waals surface area contributed by atoms with Crippen molar-refractivity contribution in [3.8, 4) is 22.3 Å². The second-order valence-electron chi connectivity index (χ2n) is 8.85. The van der Waals surface area contributed by atoms with Gasteiger partial charge >= 0.3 is 0 Å². The van der Waals surface area contributed by atoms with Gasteiger partial charge in [0.2, 0.25) is 0 Å². The average molecular weight is 499 g/mol. The van der Waals surface area contributed by atoms with E-state index >= 15 is 0 Å². The first-order valence-electron chi connectivity index (χ1n) is 12.2. The van der Waals surface area contributed by atoms with E-state index in [0.29, 0.717) is 0 Å². The number of thioether (sulfide) groups is 2. The van der Waals surface area contributed by atoms with Gasteiger partial charge in [-0.3, -0.25) is 0 Å². The fourth-order valence-corrected chi connectivity index (χ4v) is 6.64. The Morgan fingerprint density at radius 2 is 0.778 bits per heavy atom. The maximum absolute atomic E-state index is 2.36. The van der Waals surface area contributed by atoms with Crippen molar-refractivity contribution in [3.63, 3.8) is 0 Å². The molecule has 5 aromatic rings. The monoisotopic (exact) mass is 498 g/mol. The van der Waals surface area contributed by atoms with Crippen molar-refractivity contribution in [1.29, 1.82) is 0 Å². The number of fused-ring (bicyclic) bond motifs is 5. The van der Waals surface area contributed by atoms with Crippen LogP contribution in [0.15, 0.2) is 131 Å². The van der Waals surface area contributed by atoms with E-state index in [2.05, 4.69) is 133 Å². The highest BCUT2D eigenvalue weighted by Gasteiger charge is 2.21. The second kappa shape index (κ2) is 10.7. The van der Waals surface area contributed by atoms with Gasteiger partial charge in [0.05, 0.1) is 0 Å². The van der Waals surface area contributed by atoms with E-state index in [1.165, 1.54) is 54.3 Å². The minimum Gasteiger partial charge on any atom is -0.121 e. The Labute approximate surface area is 222 Å². The van der Waals surface area contributed by atoms with Crippen LogP contribution in [0.5, 0.6) is 0 Å². The zero-order valence-corrected chi connectivity index (χ0v) is 21.6. The van der Waals surface area contributed by atoms with Crippen LogP contribution in [0.2, 0.25) is 0 Å². The maximum atomic E-state index is 2.36.